The molecule has 0 heterocycles. The number of carbonyl (C=O) groups is 2. The quantitative estimate of drug-likeness (QED) is 0.539. The molecule has 1 saturated carbocycles. The number of carbonyl (C=O) groups excluding carboxylic acids is 2. The normalized spacial score (nSPS) is 22.2. The standard InChI is InChI=1S/C13H22N2O3/c1-5-11(16)14-6-7-15-12(17)9-8-10(9)18-13(2,3)4/h5,9-10H,1,6-8H2,2-4H3,(H,14,16)(H,15,17)/t9-,10-/m1/s1. The summed E-state index contributed by atoms with van der Waals surface area (Å²) in [7, 11) is 0. The molecule has 1 fully saturated rings. The topological polar surface area (TPSA) is 67.4 Å². The smallest absolute Gasteiger partial charge is 0.243 e. The number of amides is 2. The van der Waals surface area contributed by atoms with Gasteiger partial charge < -0.3 is 15.4 Å². The zero-order chi connectivity index (χ0) is 13.8. The van der Waals surface area contributed by atoms with Gasteiger partial charge in [-0.05, 0) is 33.3 Å². The van der Waals surface area contributed by atoms with Gasteiger partial charge in [-0.25, -0.2) is 0 Å². The van der Waals surface area contributed by atoms with Gasteiger partial charge in [0.2, 0.25) is 11.8 Å². The fourth-order valence-corrected chi connectivity index (χ4v) is 1.61. The van der Waals surface area contributed by atoms with Gasteiger partial charge in [0.25, 0.3) is 0 Å². The zero-order valence-corrected chi connectivity index (χ0v) is 11.3. The van der Waals surface area contributed by atoms with Crippen LogP contribution in [0.3, 0.4) is 0 Å². The van der Waals surface area contributed by atoms with Crippen molar-refractivity contribution in [2.24, 2.45) is 5.92 Å². The summed E-state index contributed by atoms with van der Waals surface area (Å²) in [6.07, 6.45) is 2.02. The molecule has 102 valence electrons. The maximum atomic E-state index is 11.7. The molecule has 0 bridgehead atoms. The van der Waals surface area contributed by atoms with E-state index in [1.54, 1.807) is 0 Å². The second-order valence-electron chi connectivity index (χ2n) is 5.40. The molecule has 0 radical (unpaired) electrons. The SMILES string of the molecule is C=CC(=O)NCCNC(=O)[C@@H]1C[C@H]1OC(C)(C)C. The van der Waals surface area contributed by atoms with E-state index in [4.69, 9.17) is 4.74 Å². The fourth-order valence-electron chi connectivity index (χ4n) is 1.61. The van der Waals surface area contributed by atoms with Gasteiger partial charge in [-0.3, -0.25) is 9.59 Å². The number of ether oxygens (including phenoxy) is 1. The first-order valence-electron chi connectivity index (χ1n) is 6.19. The van der Waals surface area contributed by atoms with Crippen molar-refractivity contribution in [3.63, 3.8) is 0 Å². The van der Waals surface area contributed by atoms with Crippen LogP contribution in [0.25, 0.3) is 0 Å². The first kappa shape index (κ1) is 14.7. The van der Waals surface area contributed by atoms with Crippen LogP contribution in [0.2, 0.25) is 0 Å². The predicted molar refractivity (Wildman–Crippen MR) is 68.9 cm³/mol. The second kappa shape index (κ2) is 6.00. The van der Waals surface area contributed by atoms with E-state index >= 15 is 0 Å². The van der Waals surface area contributed by atoms with E-state index in [-0.39, 0.29) is 29.4 Å². The van der Waals surface area contributed by atoms with E-state index in [2.05, 4.69) is 17.2 Å². The third-order valence-electron chi connectivity index (χ3n) is 2.48. The molecular weight excluding hydrogens is 232 g/mol. The summed E-state index contributed by atoms with van der Waals surface area (Å²) in [4.78, 5) is 22.5. The van der Waals surface area contributed by atoms with Crippen molar-refractivity contribution in [1.82, 2.24) is 10.6 Å². The highest BCUT2D eigenvalue weighted by Crippen LogP contribution is 2.36. The van der Waals surface area contributed by atoms with Gasteiger partial charge >= 0.3 is 0 Å². The minimum Gasteiger partial charge on any atom is -0.372 e. The molecule has 1 aliphatic carbocycles. The zero-order valence-electron chi connectivity index (χ0n) is 11.3. The molecule has 1 aliphatic rings. The molecule has 5 nitrogen and oxygen atoms in total. The molecule has 1 rings (SSSR count). The molecule has 0 aliphatic heterocycles. The van der Waals surface area contributed by atoms with Crippen LogP contribution < -0.4 is 10.6 Å². The Hall–Kier alpha value is -1.36. The first-order valence-corrected chi connectivity index (χ1v) is 6.19. The monoisotopic (exact) mass is 254 g/mol. The largest absolute Gasteiger partial charge is 0.372 e. The fraction of sp³-hybridized carbons (Fsp3) is 0.692. The lowest BCUT2D eigenvalue weighted by Crippen LogP contribution is -2.35. The summed E-state index contributed by atoms with van der Waals surface area (Å²) in [5.41, 5.74) is -0.211. The molecule has 2 amide bonds. The Morgan fingerprint density at radius 3 is 2.50 bits per heavy atom. The maximum Gasteiger partial charge on any atom is 0.243 e. The predicted octanol–water partition coefficient (Wildman–Crippen LogP) is 0.608. The lowest BCUT2D eigenvalue weighted by Gasteiger charge is -2.19. The molecule has 0 saturated heterocycles. The Bertz CT molecular complexity index is 334. The van der Waals surface area contributed by atoms with Crippen molar-refractivity contribution in [2.45, 2.75) is 38.9 Å². The van der Waals surface area contributed by atoms with Gasteiger partial charge in [0, 0.05) is 13.1 Å². The maximum absolute atomic E-state index is 11.7. The first-order chi connectivity index (χ1) is 8.33. The summed E-state index contributed by atoms with van der Waals surface area (Å²) in [5.74, 6) is -0.277. The van der Waals surface area contributed by atoms with Crippen LogP contribution in [0, 0.1) is 5.92 Å². The molecule has 0 aromatic carbocycles. The van der Waals surface area contributed by atoms with Crippen molar-refractivity contribution in [3.05, 3.63) is 12.7 Å². The molecule has 0 aromatic heterocycles. The van der Waals surface area contributed by atoms with E-state index in [0.717, 1.165) is 6.42 Å². The van der Waals surface area contributed by atoms with Gasteiger partial charge in [0.05, 0.1) is 17.6 Å². The average Bonchev–Trinajstić information content (AvgIpc) is 3.00. The molecule has 0 spiro atoms. The highest BCUT2D eigenvalue weighted by atomic mass is 16.5. The molecule has 2 atom stereocenters. The molecular formula is C13H22N2O3. The second-order valence-corrected chi connectivity index (χ2v) is 5.40. The molecule has 5 heteroatoms. The molecule has 2 N–H and O–H groups in total. The highest BCUT2D eigenvalue weighted by Gasteiger charge is 2.45. The molecule has 0 aromatic rings. The van der Waals surface area contributed by atoms with Gasteiger partial charge in [0.1, 0.15) is 0 Å². The summed E-state index contributed by atoms with van der Waals surface area (Å²) in [6.45, 7) is 10.1. The highest BCUT2D eigenvalue weighted by molar-refractivity contribution is 5.87. The Morgan fingerprint density at radius 1 is 1.33 bits per heavy atom. The van der Waals surface area contributed by atoms with Crippen LogP contribution in [0.5, 0.6) is 0 Å². The summed E-state index contributed by atoms with van der Waals surface area (Å²) in [6, 6.07) is 0. The van der Waals surface area contributed by atoms with Crippen LogP contribution in [-0.4, -0.2) is 36.6 Å². The Balaban J connectivity index is 2.12. The lowest BCUT2D eigenvalue weighted by atomic mass is 10.2. The minimum atomic E-state index is -0.232. The van der Waals surface area contributed by atoms with Crippen LogP contribution in [0.4, 0.5) is 0 Å². The van der Waals surface area contributed by atoms with Gasteiger partial charge in [-0.1, -0.05) is 6.58 Å². The summed E-state index contributed by atoms with van der Waals surface area (Å²) < 4.78 is 5.70. The van der Waals surface area contributed by atoms with Crippen molar-refractivity contribution in [1.29, 1.82) is 0 Å². The third-order valence-corrected chi connectivity index (χ3v) is 2.48. The van der Waals surface area contributed by atoms with E-state index in [1.807, 2.05) is 20.8 Å². The van der Waals surface area contributed by atoms with E-state index in [0.29, 0.717) is 13.1 Å². The Morgan fingerprint density at radius 2 is 1.94 bits per heavy atom. The van der Waals surface area contributed by atoms with Crippen LogP contribution in [-0.2, 0) is 14.3 Å². The van der Waals surface area contributed by atoms with Crippen molar-refractivity contribution in [2.75, 3.05) is 13.1 Å². The Labute approximate surface area is 108 Å². The Kier molecular flexibility index (Phi) is 4.90. The lowest BCUT2D eigenvalue weighted by molar-refractivity contribution is -0.124. The number of nitrogens with one attached hydrogen (secondary N) is 2. The third kappa shape index (κ3) is 5.31. The summed E-state index contributed by atoms with van der Waals surface area (Å²) in [5, 5.41) is 5.37. The van der Waals surface area contributed by atoms with Crippen LogP contribution in [0.1, 0.15) is 27.2 Å². The minimum absolute atomic E-state index is 0.00268. The van der Waals surface area contributed by atoms with Crippen LogP contribution >= 0.6 is 0 Å². The van der Waals surface area contributed by atoms with Crippen molar-refractivity contribution < 1.29 is 14.3 Å². The summed E-state index contributed by atoms with van der Waals surface area (Å²) >= 11 is 0. The number of hydrogen-bond acceptors (Lipinski definition) is 3. The molecule has 18 heavy (non-hydrogen) atoms. The average molecular weight is 254 g/mol. The van der Waals surface area contributed by atoms with Crippen molar-refractivity contribution >= 4 is 11.8 Å². The number of hydrogen-bond donors (Lipinski definition) is 2. The van der Waals surface area contributed by atoms with Crippen molar-refractivity contribution in [3.8, 4) is 0 Å². The number of rotatable bonds is 6. The van der Waals surface area contributed by atoms with Gasteiger partial charge in [0.15, 0.2) is 0 Å². The van der Waals surface area contributed by atoms with E-state index in [9.17, 15) is 9.59 Å². The molecule has 0 unspecified atom stereocenters. The van der Waals surface area contributed by atoms with E-state index in [1.165, 1.54) is 6.08 Å². The van der Waals surface area contributed by atoms with Gasteiger partial charge in [-0.2, -0.15) is 0 Å². The van der Waals surface area contributed by atoms with Crippen LogP contribution in [0.15, 0.2) is 12.7 Å². The van der Waals surface area contributed by atoms with E-state index < -0.39 is 0 Å². The van der Waals surface area contributed by atoms with Gasteiger partial charge in [-0.15, -0.1) is 0 Å².